The van der Waals surface area contributed by atoms with Crippen LogP contribution in [0.4, 0.5) is 0 Å². The molecule has 0 aliphatic carbocycles. The van der Waals surface area contributed by atoms with Crippen molar-refractivity contribution in [3.8, 4) is 69.0 Å². The van der Waals surface area contributed by atoms with Crippen LogP contribution in [-0.4, -0.2) is 96.0 Å². The minimum Gasteiger partial charge on any atom is -0.493 e. The normalized spacial score (nSPS) is 10.7. The predicted octanol–water partition coefficient (Wildman–Crippen LogP) is 15.0. The molecule has 10 aromatic rings. The Morgan fingerprint density at radius 1 is 0.250 bits per heavy atom. The van der Waals surface area contributed by atoms with Crippen molar-refractivity contribution in [3.63, 3.8) is 0 Å². The van der Waals surface area contributed by atoms with Crippen molar-refractivity contribution in [2.24, 2.45) is 0 Å². The summed E-state index contributed by atoms with van der Waals surface area (Å²) >= 11 is 19.1. The van der Waals surface area contributed by atoms with Crippen LogP contribution in [0.5, 0.6) is 69.0 Å². The first-order chi connectivity index (χ1) is 41.0. The van der Waals surface area contributed by atoms with E-state index in [2.05, 4.69) is 97.1 Å². The Morgan fingerprint density at radius 3 is 0.548 bits per heavy atom. The summed E-state index contributed by atoms with van der Waals surface area (Å²) in [6, 6.07) is 50.2. The molecule has 0 saturated heterocycles. The van der Waals surface area contributed by atoms with Gasteiger partial charge in [-0.15, -0.1) is 46.4 Å². The van der Waals surface area contributed by atoms with Gasteiger partial charge in [-0.3, -0.25) is 0 Å². The van der Waals surface area contributed by atoms with Crippen LogP contribution in [0.25, 0.3) is 54.2 Å². The van der Waals surface area contributed by atoms with Gasteiger partial charge in [0.05, 0.1) is 96.0 Å². The fraction of sp³-hybridized carbons (Fsp3) is 0.206. The van der Waals surface area contributed by atoms with Crippen molar-refractivity contribution in [1.82, 2.24) is 0 Å². The van der Waals surface area contributed by atoms with Gasteiger partial charge >= 0.3 is 0 Å². The Kier molecular flexibility index (Phi) is 20.9. The van der Waals surface area contributed by atoms with Crippen LogP contribution in [0, 0.1) is 10.4 Å². The second-order valence-electron chi connectivity index (χ2n) is 18.3. The molecule has 10 aromatic carbocycles. The van der Waals surface area contributed by atoms with Crippen molar-refractivity contribution >= 4 is 101 Å². The minimum absolute atomic E-state index is 0.194. The molecule has 436 valence electrons. The standard InChI is InChI=1S/C66H60O12.2CH2Cl2/c1-67-49-29-37(30-50(68-2)63(49)75-9)57(38-31-51(69-3)64(76-10)52(32-38)70-4)59-41-21-13-17-25-45(41)61(46-26-18-14-22-42(46)59)62-47-27-19-15-23-43(47)60(44-24-16-20-28-48(44)62)58(39-33-53(71-5)65(77-11)54(34-39)72-6)40-35-55(73-7)66(78-12)56(36-40)74-8;2*2-1-3/h13-36H,1-12H3;2*1H2. The molecule has 0 aliphatic rings. The van der Waals surface area contributed by atoms with E-state index in [9.17, 15) is 0 Å². The van der Waals surface area contributed by atoms with Crippen molar-refractivity contribution in [3.05, 3.63) is 189 Å². The van der Waals surface area contributed by atoms with Crippen molar-refractivity contribution < 1.29 is 56.8 Å². The molecule has 0 saturated carbocycles. The van der Waals surface area contributed by atoms with Crippen molar-refractivity contribution in [2.75, 3.05) is 96.0 Å². The zero-order valence-electron chi connectivity index (χ0n) is 48.7. The summed E-state index contributed by atoms with van der Waals surface area (Å²) in [7, 11) is 19.4. The highest BCUT2D eigenvalue weighted by atomic mass is 35.5. The molecular formula is C68H64Cl4O12. The molecule has 10 rings (SSSR count). The smallest absolute Gasteiger partial charge is 0.203 e. The Labute approximate surface area is 508 Å². The van der Waals surface area contributed by atoms with Gasteiger partial charge in [-0.25, -0.2) is 0 Å². The first-order valence-corrected chi connectivity index (χ1v) is 28.2. The number of hydrogen-bond donors (Lipinski definition) is 0. The lowest BCUT2D eigenvalue weighted by Gasteiger charge is -2.20. The number of halogens is 4. The van der Waals surface area contributed by atoms with E-state index in [0.717, 1.165) is 97.4 Å². The summed E-state index contributed by atoms with van der Waals surface area (Å²) in [5, 5.41) is 12.4. The molecule has 0 heterocycles. The third-order valence-corrected chi connectivity index (χ3v) is 14.4. The molecule has 0 fully saturated rings. The maximum atomic E-state index is 6.03. The third-order valence-electron chi connectivity index (χ3n) is 14.4. The zero-order valence-corrected chi connectivity index (χ0v) is 51.7. The van der Waals surface area contributed by atoms with E-state index in [1.54, 1.807) is 85.3 Å². The molecule has 0 spiro atoms. The van der Waals surface area contributed by atoms with Gasteiger partial charge in [0.2, 0.25) is 23.0 Å². The highest BCUT2D eigenvalue weighted by Gasteiger charge is 2.25. The van der Waals surface area contributed by atoms with E-state index in [1.165, 1.54) is 0 Å². The minimum atomic E-state index is 0.194. The summed E-state index contributed by atoms with van der Waals surface area (Å²) in [4.78, 5) is 0. The second kappa shape index (κ2) is 28.3. The van der Waals surface area contributed by atoms with Crippen LogP contribution in [-0.2, 0) is 0 Å². The highest BCUT2D eigenvalue weighted by molar-refractivity contribution is 6.41. The summed E-state index contributed by atoms with van der Waals surface area (Å²) in [5.74, 6) is 5.83. The number of benzene rings is 10. The van der Waals surface area contributed by atoms with Crippen LogP contribution in [0.3, 0.4) is 0 Å². The third kappa shape index (κ3) is 11.6. The lowest BCUT2D eigenvalue weighted by atomic mass is 9.86. The Bertz CT molecular complexity index is 3640. The quantitative estimate of drug-likeness (QED) is 0.0678. The highest BCUT2D eigenvalue weighted by Crippen LogP contribution is 2.47. The van der Waals surface area contributed by atoms with Crippen LogP contribution in [0.15, 0.2) is 146 Å². The number of methoxy groups -OCH3 is 12. The number of rotatable bonds is 16. The maximum Gasteiger partial charge on any atom is 0.203 e. The van der Waals surface area contributed by atoms with Crippen LogP contribution < -0.4 is 67.3 Å². The average Bonchev–Trinajstić information content (AvgIpc) is 1.47. The van der Waals surface area contributed by atoms with E-state index in [4.69, 9.17) is 103 Å². The van der Waals surface area contributed by atoms with Gasteiger partial charge in [-0.2, -0.15) is 0 Å². The molecule has 0 bridgehead atoms. The van der Waals surface area contributed by atoms with Crippen molar-refractivity contribution in [2.45, 2.75) is 0 Å². The van der Waals surface area contributed by atoms with Gasteiger partial charge in [0.25, 0.3) is 0 Å². The molecule has 0 amide bonds. The molecule has 12 nitrogen and oxygen atoms in total. The first kappa shape index (κ1) is 61.8. The molecule has 16 heteroatoms. The van der Waals surface area contributed by atoms with E-state index >= 15 is 0 Å². The zero-order chi connectivity index (χ0) is 60.2. The molecule has 0 atom stereocenters. The van der Waals surface area contributed by atoms with Crippen LogP contribution >= 0.6 is 46.4 Å². The fourth-order valence-electron chi connectivity index (χ4n) is 11.1. The largest absolute Gasteiger partial charge is 0.493 e. The van der Waals surface area contributed by atoms with E-state index in [-0.39, 0.29) is 10.7 Å². The maximum absolute atomic E-state index is 6.03. The topological polar surface area (TPSA) is 111 Å². The Balaban J connectivity index is 0.00000147. The van der Waals surface area contributed by atoms with Crippen LogP contribution in [0.2, 0.25) is 0 Å². The van der Waals surface area contributed by atoms with E-state index in [1.807, 2.05) is 48.5 Å². The van der Waals surface area contributed by atoms with Gasteiger partial charge < -0.3 is 56.8 Å². The van der Waals surface area contributed by atoms with E-state index in [0.29, 0.717) is 69.0 Å². The number of ether oxygens (including phenoxy) is 12. The fourth-order valence-corrected chi connectivity index (χ4v) is 11.1. The summed E-state index contributed by atoms with van der Waals surface area (Å²) in [6.07, 6.45) is 0. The Morgan fingerprint density at radius 2 is 0.405 bits per heavy atom. The number of alkyl halides is 4. The van der Waals surface area contributed by atoms with E-state index < -0.39 is 0 Å². The lowest BCUT2D eigenvalue weighted by molar-refractivity contribution is 0.324. The molecule has 0 radical (unpaired) electrons. The second-order valence-corrected chi connectivity index (χ2v) is 19.9. The Hall–Kier alpha value is -8.26. The average molecular weight is 1220 g/mol. The molecular weight excluding hydrogens is 1150 g/mol. The van der Waals surface area contributed by atoms with Crippen molar-refractivity contribution in [1.29, 1.82) is 0 Å². The molecule has 0 unspecified atom stereocenters. The number of hydrogen-bond acceptors (Lipinski definition) is 12. The summed E-state index contributed by atoms with van der Waals surface area (Å²) < 4.78 is 71.7. The van der Waals surface area contributed by atoms with Gasteiger partial charge in [0.15, 0.2) is 46.0 Å². The lowest BCUT2D eigenvalue weighted by Crippen LogP contribution is -2.15. The summed E-state index contributed by atoms with van der Waals surface area (Å²) in [6.45, 7) is 0. The molecule has 0 N–H and O–H groups in total. The van der Waals surface area contributed by atoms with Gasteiger partial charge in [-0.1, -0.05) is 97.1 Å². The van der Waals surface area contributed by atoms with Gasteiger partial charge in [-0.05, 0) is 146 Å². The van der Waals surface area contributed by atoms with Crippen LogP contribution in [0.1, 0.15) is 22.3 Å². The summed E-state index contributed by atoms with van der Waals surface area (Å²) in [5.41, 5.74) is 4.89. The van der Waals surface area contributed by atoms with Gasteiger partial charge in [0, 0.05) is 0 Å². The number of fused-ring (bicyclic) bond motifs is 4. The SMILES string of the molecule is COc1cc(C(c2cc(OC)c(OC)c(OC)c2)=c2c3ccccc3c(=c3c4ccccc4c(=C(c4cc(OC)c(OC)c(OC)c4)c4cc(OC)c(OC)c(OC)c4)c4ccccc34)c3ccccc23)cc(OC)c1OC.ClCCl.ClCCl. The monoisotopic (exact) mass is 1210 g/mol. The molecule has 84 heavy (non-hydrogen) atoms. The first-order valence-electron chi connectivity index (χ1n) is 26.1. The molecule has 0 aliphatic heterocycles. The molecule has 0 aromatic heterocycles. The van der Waals surface area contributed by atoms with Gasteiger partial charge in [0.1, 0.15) is 0 Å². The predicted molar refractivity (Wildman–Crippen MR) is 341 cm³/mol.